The summed E-state index contributed by atoms with van der Waals surface area (Å²) in [4.78, 5) is 2.20. The lowest BCUT2D eigenvalue weighted by Crippen LogP contribution is -2.40. The number of hydrogen-bond donors (Lipinski definition) is 0. The molecular weight excluding hydrogens is 322 g/mol. The van der Waals surface area contributed by atoms with Crippen molar-refractivity contribution in [2.75, 3.05) is 24.0 Å². The van der Waals surface area contributed by atoms with Crippen molar-refractivity contribution in [1.29, 1.82) is 0 Å². The van der Waals surface area contributed by atoms with Gasteiger partial charge in [0.2, 0.25) is 0 Å². The summed E-state index contributed by atoms with van der Waals surface area (Å²) in [5, 5.41) is 0. The van der Waals surface area contributed by atoms with Crippen molar-refractivity contribution >= 4 is 25.4 Å². The van der Waals surface area contributed by atoms with Crippen molar-refractivity contribution < 1.29 is 16.8 Å². The molecule has 0 bridgehead atoms. The molecule has 0 aromatic heterocycles. The van der Waals surface area contributed by atoms with E-state index in [9.17, 15) is 16.8 Å². The Kier molecular flexibility index (Phi) is 4.59. The highest BCUT2D eigenvalue weighted by Crippen LogP contribution is 2.33. The van der Waals surface area contributed by atoms with E-state index in [1.54, 1.807) is 6.07 Å². The first-order chi connectivity index (χ1) is 10.00. The average Bonchev–Trinajstić information content (AvgIpc) is 2.36. The molecule has 1 aliphatic rings. The van der Waals surface area contributed by atoms with Crippen LogP contribution >= 0.6 is 0 Å². The molecule has 0 spiro atoms. The Labute approximate surface area is 133 Å². The zero-order valence-corrected chi connectivity index (χ0v) is 15.0. The number of nitrogens with zero attached hydrogens (tertiary/aromatic N) is 1. The summed E-state index contributed by atoms with van der Waals surface area (Å²) in [6.45, 7) is 5.05. The van der Waals surface area contributed by atoms with Gasteiger partial charge in [-0.25, -0.2) is 16.8 Å². The molecule has 1 fully saturated rings. The molecule has 1 aliphatic heterocycles. The van der Waals surface area contributed by atoms with Crippen LogP contribution in [0.15, 0.2) is 28.0 Å². The molecule has 2 rings (SSSR count). The molecule has 2 atom stereocenters. The molecule has 1 aromatic rings. The summed E-state index contributed by atoms with van der Waals surface area (Å²) in [6, 6.07) is 4.63. The highest BCUT2D eigenvalue weighted by Gasteiger charge is 2.28. The fraction of sp³-hybridized carbons (Fsp3) is 0.600. The van der Waals surface area contributed by atoms with E-state index in [0.29, 0.717) is 11.6 Å². The Balaban J connectivity index is 2.57. The zero-order chi connectivity index (χ0) is 16.7. The minimum Gasteiger partial charge on any atom is -0.368 e. The molecule has 0 amide bonds. The molecule has 124 valence electrons. The fourth-order valence-corrected chi connectivity index (χ4v) is 4.65. The summed E-state index contributed by atoms with van der Waals surface area (Å²) in [5.41, 5.74) is 0.606. The molecule has 1 heterocycles. The smallest absolute Gasteiger partial charge is 0.177 e. The van der Waals surface area contributed by atoms with Crippen LogP contribution in [-0.4, -0.2) is 41.9 Å². The number of anilines is 1. The van der Waals surface area contributed by atoms with Gasteiger partial charge in [-0.05, 0) is 43.9 Å². The maximum absolute atomic E-state index is 12.1. The van der Waals surface area contributed by atoms with Gasteiger partial charge in [0.15, 0.2) is 19.7 Å². The summed E-state index contributed by atoms with van der Waals surface area (Å²) >= 11 is 0. The lowest BCUT2D eigenvalue weighted by atomic mass is 9.93. The summed E-state index contributed by atoms with van der Waals surface area (Å²) < 4.78 is 47.6. The van der Waals surface area contributed by atoms with Gasteiger partial charge in [0.1, 0.15) is 0 Å². The van der Waals surface area contributed by atoms with Gasteiger partial charge >= 0.3 is 0 Å². The van der Waals surface area contributed by atoms with Crippen molar-refractivity contribution in [3.63, 3.8) is 0 Å². The van der Waals surface area contributed by atoms with Crippen LogP contribution in [0.25, 0.3) is 0 Å². The first-order valence-electron chi connectivity index (χ1n) is 7.31. The monoisotopic (exact) mass is 345 g/mol. The van der Waals surface area contributed by atoms with E-state index < -0.39 is 19.7 Å². The average molecular weight is 345 g/mol. The normalized spacial score (nSPS) is 23.5. The fourth-order valence-electron chi connectivity index (χ4n) is 3.02. The molecule has 0 saturated carbocycles. The van der Waals surface area contributed by atoms with E-state index in [2.05, 4.69) is 18.7 Å². The van der Waals surface area contributed by atoms with Gasteiger partial charge in [0.25, 0.3) is 0 Å². The standard InChI is InChI=1S/C15H23NO4S2/c1-11-7-8-16(12(2)9-11)14-6-5-13(21(3,17)18)10-15(14)22(4,19)20/h5-6,10-12H,7-9H2,1-4H3/t11-,12-/m0/s1. The van der Waals surface area contributed by atoms with Crippen molar-refractivity contribution in [2.24, 2.45) is 5.92 Å². The number of rotatable bonds is 3. The largest absolute Gasteiger partial charge is 0.368 e. The van der Waals surface area contributed by atoms with Crippen LogP contribution in [-0.2, 0) is 19.7 Å². The van der Waals surface area contributed by atoms with Crippen LogP contribution in [0.3, 0.4) is 0 Å². The van der Waals surface area contributed by atoms with Gasteiger partial charge in [0, 0.05) is 25.1 Å². The third kappa shape index (κ3) is 3.63. The molecule has 22 heavy (non-hydrogen) atoms. The molecule has 1 saturated heterocycles. The number of piperidine rings is 1. The second-order valence-electron chi connectivity index (χ2n) is 6.35. The van der Waals surface area contributed by atoms with E-state index in [1.165, 1.54) is 12.1 Å². The second-order valence-corrected chi connectivity index (χ2v) is 10.3. The molecule has 1 aromatic carbocycles. The predicted octanol–water partition coefficient (Wildman–Crippen LogP) is 2.12. The first kappa shape index (κ1) is 17.3. The van der Waals surface area contributed by atoms with E-state index in [0.717, 1.165) is 31.9 Å². The third-order valence-electron chi connectivity index (χ3n) is 4.21. The van der Waals surface area contributed by atoms with Gasteiger partial charge in [-0.3, -0.25) is 0 Å². The summed E-state index contributed by atoms with van der Waals surface area (Å²) in [6.07, 6.45) is 4.20. The van der Waals surface area contributed by atoms with Gasteiger partial charge < -0.3 is 4.90 Å². The zero-order valence-electron chi connectivity index (χ0n) is 13.4. The predicted molar refractivity (Wildman–Crippen MR) is 87.9 cm³/mol. The number of hydrogen-bond acceptors (Lipinski definition) is 5. The van der Waals surface area contributed by atoms with Crippen molar-refractivity contribution in [3.05, 3.63) is 18.2 Å². The topological polar surface area (TPSA) is 71.5 Å². The molecule has 0 unspecified atom stereocenters. The quantitative estimate of drug-likeness (QED) is 0.839. The van der Waals surface area contributed by atoms with Gasteiger partial charge in [-0.1, -0.05) is 6.92 Å². The highest BCUT2D eigenvalue weighted by molar-refractivity contribution is 7.91. The molecule has 5 nitrogen and oxygen atoms in total. The second kappa shape index (κ2) is 5.85. The minimum absolute atomic E-state index is 0.0368. The third-order valence-corrected chi connectivity index (χ3v) is 6.44. The Morgan fingerprint density at radius 1 is 1.05 bits per heavy atom. The maximum Gasteiger partial charge on any atom is 0.177 e. The maximum atomic E-state index is 12.1. The Morgan fingerprint density at radius 3 is 2.18 bits per heavy atom. The molecule has 0 aliphatic carbocycles. The van der Waals surface area contributed by atoms with Crippen molar-refractivity contribution in [2.45, 2.75) is 42.5 Å². The number of benzene rings is 1. The lowest BCUT2D eigenvalue weighted by molar-refractivity contribution is 0.376. The SMILES string of the molecule is C[C@H]1CCN(c2ccc(S(C)(=O)=O)cc2S(C)(=O)=O)[C@@H](C)C1. The first-order valence-corrected chi connectivity index (χ1v) is 11.1. The highest BCUT2D eigenvalue weighted by atomic mass is 32.2. The molecule has 0 radical (unpaired) electrons. The van der Waals surface area contributed by atoms with Crippen LogP contribution in [0.4, 0.5) is 5.69 Å². The van der Waals surface area contributed by atoms with Gasteiger partial charge in [-0.2, -0.15) is 0 Å². The summed E-state index contributed by atoms with van der Waals surface area (Å²) in [5.74, 6) is 0.614. The minimum atomic E-state index is -3.51. The van der Waals surface area contributed by atoms with Crippen LogP contribution in [0.2, 0.25) is 0 Å². The van der Waals surface area contributed by atoms with Crippen LogP contribution in [0.5, 0.6) is 0 Å². The Hall–Kier alpha value is -1.08. The Bertz CT molecular complexity index is 769. The van der Waals surface area contributed by atoms with E-state index in [1.807, 2.05) is 0 Å². The van der Waals surface area contributed by atoms with Crippen LogP contribution < -0.4 is 4.90 Å². The Morgan fingerprint density at radius 2 is 1.68 bits per heavy atom. The van der Waals surface area contributed by atoms with E-state index >= 15 is 0 Å². The number of sulfone groups is 2. The molecule has 0 N–H and O–H groups in total. The van der Waals surface area contributed by atoms with Gasteiger partial charge in [0.05, 0.1) is 15.5 Å². The van der Waals surface area contributed by atoms with E-state index in [-0.39, 0.29) is 15.8 Å². The molecular formula is C15H23NO4S2. The van der Waals surface area contributed by atoms with E-state index in [4.69, 9.17) is 0 Å². The summed E-state index contributed by atoms with van der Waals surface area (Å²) in [7, 11) is -6.95. The molecule has 7 heteroatoms. The lowest BCUT2D eigenvalue weighted by Gasteiger charge is -2.39. The van der Waals surface area contributed by atoms with Crippen LogP contribution in [0, 0.1) is 5.92 Å². The van der Waals surface area contributed by atoms with Crippen LogP contribution in [0.1, 0.15) is 26.7 Å². The van der Waals surface area contributed by atoms with Gasteiger partial charge in [-0.15, -0.1) is 0 Å². The van der Waals surface area contributed by atoms with Crippen molar-refractivity contribution in [3.8, 4) is 0 Å². The van der Waals surface area contributed by atoms with Crippen molar-refractivity contribution in [1.82, 2.24) is 0 Å².